The van der Waals surface area contributed by atoms with E-state index >= 15 is 0 Å². The van der Waals surface area contributed by atoms with E-state index in [1.807, 2.05) is 0 Å². The van der Waals surface area contributed by atoms with Crippen molar-refractivity contribution in [2.24, 2.45) is 0 Å². The second-order valence-electron chi connectivity index (χ2n) is 6.19. The summed E-state index contributed by atoms with van der Waals surface area (Å²) in [5.41, 5.74) is 5.02. The van der Waals surface area contributed by atoms with Crippen LogP contribution in [0.2, 0.25) is 0 Å². The van der Waals surface area contributed by atoms with Crippen molar-refractivity contribution >= 4 is 5.69 Å². The van der Waals surface area contributed by atoms with E-state index in [2.05, 4.69) is 71.1 Å². The van der Waals surface area contributed by atoms with E-state index in [9.17, 15) is 0 Å². The molecule has 1 aromatic carbocycles. The van der Waals surface area contributed by atoms with E-state index in [-0.39, 0.29) is 0 Å². The van der Waals surface area contributed by atoms with Gasteiger partial charge in [-0.3, -0.25) is 9.88 Å². The molecule has 1 saturated heterocycles. The van der Waals surface area contributed by atoms with Crippen molar-refractivity contribution in [3.05, 3.63) is 59.4 Å². The van der Waals surface area contributed by atoms with Gasteiger partial charge in [-0.1, -0.05) is 18.2 Å². The number of pyridine rings is 1. The predicted molar refractivity (Wildman–Crippen MR) is 92.5 cm³/mol. The topological polar surface area (TPSA) is 19.4 Å². The van der Waals surface area contributed by atoms with Crippen molar-refractivity contribution in [2.75, 3.05) is 37.6 Å². The Hall–Kier alpha value is -1.87. The summed E-state index contributed by atoms with van der Waals surface area (Å²) in [5, 5.41) is 0. The quantitative estimate of drug-likeness (QED) is 0.864. The molecule has 3 nitrogen and oxygen atoms in total. The zero-order valence-corrected chi connectivity index (χ0v) is 13.6. The fourth-order valence-corrected chi connectivity index (χ4v) is 3.07. The van der Waals surface area contributed by atoms with Gasteiger partial charge in [0.15, 0.2) is 0 Å². The molecule has 1 fully saturated rings. The number of rotatable bonds is 4. The summed E-state index contributed by atoms with van der Waals surface area (Å²) in [4.78, 5) is 9.64. The molecule has 0 unspecified atom stereocenters. The first-order valence-corrected chi connectivity index (χ1v) is 8.17. The molecule has 0 N–H and O–H groups in total. The van der Waals surface area contributed by atoms with Gasteiger partial charge in [0.05, 0.1) is 0 Å². The summed E-state index contributed by atoms with van der Waals surface area (Å²) < 4.78 is 0. The lowest BCUT2D eigenvalue weighted by molar-refractivity contribution is 0.260. The maximum atomic E-state index is 4.59. The third-order valence-corrected chi connectivity index (χ3v) is 4.37. The van der Waals surface area contributed by atoms with Crippen LogP contribution in [0, 0.1) is 13.8 Å². The molecule has 0 atom stereocenters. The van der Waals surface area contributed by atoms with Crippen molar-refractivity contribution in [1.82, 2.24) is 9.88 Å². The monoisotopic (exact) mass is 295 g/mol. The lowest BCUT2D eigenvalue weighted by Gasteiger charge is -2.36. The molecule has 2 heterocycles. The molecule has 1 aromatic heterocycles. The highest BCUT2D eigenvalue weighted by Gasteiger charge is 2.17. The van der Waals surface area contributed by atoms with E-state index in [4.69, 9.17) is 0 Å². The van der Waals surface area contributed by atoms with Crippen LogP contribution < -0.4 is 4.90 Å². The van der Waals surface area contributed by atoms with Crippen LogP contribution in [-0.2, 0) is 6.42 Å². The maximum absolute atomic E-state index is 4.59. The van der Waals surface area contributed by atoms with Crippen LogP contribution in [0.15, 0.2) is 42.5 Å². The number of anilines is 1. The highest BCUT2D eigenvalue weighted by atomic mass is 15.3. The Bertz CT molecular complexity index is 616. The Balaban J connectivity index is 1.49. The second-order valence-corrected chi connectivity index (χ2v) is 6.19. The van der Waals surface area contributed by atoms with Gasteiger partial charge in [0, 0.05) is 56.2 Å². The number of hydrogen-bond acceptors (Lipinski definition) is 3. The molecular weight excluding hydrogens is 270 g/mol. The van der Waals surface area contributed by atoms with E-state index in [1.54, 1.807) is 0 Å². The Morgan fingerprint density at radius 2 is 1.73 bits per heavy atom. The molecule has 0 saturated carbocycles. The lowest BCUT2D eigenvalue weighted by Crippen LogP contribution is -2.47. The normalized spacial score (nSPS) is 16.0. The van der Waals surface area contributed by atoms with E-state index < -0.39 is 0 Å². The van der Waals surface area contributed by atoms with Gasteiger partial charge in [-0.05, 0) is 43.7 Å². The SMILES string of the molecule is Cc1cccc(N2CCN(CCc3cccc(C)n3)CC2)c1. The van der Waals surface area contributed by atoms with Crippen molar-refractivity contribution < 1.29 is 0 Å². The fraction of sp³-hybridized carbons (Fsp3) is 0.421. The number of aromatic nitrogens is 1. The molecular formula is C19H25N3. The zero-order valence-electron chi connectivity index (χ0n) is 13.6. The summed E-state index contributed by atoms with van der Waals surface area (Å²) in [6.07, 6.45) is 1.05. The minimum absolute atomic E-state index is 1.05. The number of piperazine rings is 1. The van der Waals surface area contributed by atoms with Gasteiger partial charge in [-0.2, -0.15) is 0 Å². The predicted octanol–water partition coefficient (Wildman–Crippen LogP) is 3.06. The smallest absolute Gasteiger partial charge is 0.0419 e. The van der Waals surface area contributed by atoms with Crippen molar-refractivity contribution in [3.8, 4) is 0 Å². The molecule has 0 amide bonds. The van der Waals surface area contributed by atoms with Crippen molar-refractivity contribution in [2.45, 2.75) is 20.3 Å². The molecule has 0 radical (unpaired) electrons. The Kier molecular flexibility index (Phi) is 4.74. The summed E-state index contributed by atoms with van der Waals surface area (Å²) in [6.45, 7) is 9.84. The van der Waals surface area contributed by atoms with Gasteiger partial charge in [-0.25, -0.2) is 0 Å². The van der Waals surface area contributed by atoms with Gasteiger partial charge < -0.3 is 4.90 Å². The molecule has 3 rings (SSSR count). The summed E-state index contributed by atoms with van der Waals surface area (Å²) in [6, 6.07) is 15.1. The third-order valence-electron chi connectivity index (χ3n) is 4.37. The first-order valence-electron chi connectivity index (χ1n) is 8.17. The van der Waals surface area contributed by atoms with Crippen LogP contribution in [0.3, 0.4) is 0 Å². The largest absolute Gasteiger partial charge is 0.369 e. The van der Waals surface area contributed by atoms with E-state index in [0.717, 1.165) is 44.8 Å². The van der Waals surface area contributed by atoms with Gasteiger partial charge in [0.1, 0.15) is 0 Å². The third kappa shape index (κ3) is 3.86. The van der Waals surface area contributed by atoms with Crippen molar-refractivity contribution in [1.29, 1.82) is 0 Å². The average Bonchev–Trinajstić information content (AvgIpc) is 2.54. The van der Waals surface area contributed by atoms with Crippen LogP contribution >= 0.6 is 0 Å². The molecule has 3 heteroatoms. The highest BCUT2D eigenvalue weighted by molar-refractivity contribution is 5.48. The maximum Gasteiger partial charge on any atom is 0.0419 e. The summed E-state index contributed by atoms with van der Waals surface area (Å²) in [5.74, 6) is 0. The van der Waals surface area contributed by atoms with Gasteiger partial charge in [-0.15, -0.1) is 0 Å². The Morgan fingerprint density at radius 1 is 0.955 bits per heavy atom. The lowest BCUT2D eigenvalue weighted by atomic mass is 10.2. The molecule has 0 aliphatic carbocycles. The first kappa shape index (κ1) is 15.0. The Labute approximate surface area is 133 Å². The van der Waals surface area contributed by atoms with Crippen LogP contribution in [0.25, 0.3) is 0 Å². The van der Waals surface area contributed by atoms with Crippen LogP contribution in [0.4, 0.5) is 5.69 Å². The molecule has 1 aliphatic rings. The minimum atomic E-state index is 1.05. The average molecular weight is 295 g/mol. The summed E-state index contributed by atoms with van der Waals surface area (Å²) in [7, 11) is 0. The molecule has 0 spiro atoms. The van der Waals surface area contributed by atoms with Crippen molar-refractivity contribution in [3.63, 3.8) is 0 Å². The number of benzene rings is 1. The Morgan fingerprint density at radius 3 is 2.45 bits per heavy atom. The molecule has 1 aliphatic heterocycles. The van der Waals surface area contributed by atoms with Gasteiger partial charge >= 0.3 is 0 Å². The minimum Gasteiger partial charge on any atom is -0.369 e. The zero-order chi connectivity index (χ0) is 15.4. The van der Waals surface area contributed by atoms with E-state index in [0.29, 0.717) is 0 Å². The van der Waals surface area contributed by atoms with Crippen LogP contribution in [0.1, 0.15) is 17.0 Å². The number of hydrogen-bond donors (Lipinski definition) is 0. The van der Waals surface area contributed by atoms with E-state index in [1.165, 1.54) is 16.9 Å². The number of aryl methyl sites for hydroxylation is 2. The second kappa shape index (κ2) is 6.93. The van der Waals surface area contributed by atoms with Crippen LogP contribution in [0.5, 0.6) is 0 Å². The molecule has 116 valence electrons. The molecule has 0 bridgehead atoms. The fourth-order valence-electron chi connectivity index (χ4n) is 3.07. The number of nitrogens with zero attached hydrogens (tertiary/aromatic N) is 3. The molecule has 2 aromatic rings. The standard InChI is InChI=1S/C19H25N3/c1-16-5-3-8-19(15-16)22-13-11-21(12-14-22)10-9-18-7-4-6-17(2)20-18/h3-8,15H,9-14H2,1-2H3. The highest BCUT2D eigenvalue weighted by Crippen LogP contribution is 2.17. The van der Waals surface area contributed by atoms with Gasteiger partial charge in [0.2, 0.25) is 0 Å². The first-order chi connectivity index (χ1) is 10.7. The van der Waals surface area contributed by atoms with Crippen LogP contribution in [-0.4, -0.2) is 42.6 Å². The van der Waals surface area contributed by atoms with Gasteiger partial charge in [0.25, 0.3) is 0 Å². The summed E-state index contributed by atoms with van der Waals surface area (Å²) >= 11 is 0. The molecule has 22 heavy (non-hydrogen) atoms.